The smallest absolute Gasteiger partial charge is 0.369 e. The number of amides is 3. The van der Waals surface area contributed by atoms with E-state index in [-0.39, 0.29) is 54.2 Å². The summed E-state index contributed by atoms with van der Waals surface area (Å²) in [5.74, 6) is -1.56. The van der Waals surface area contributed by atoms with Gasteiger partial charge in [-0.05, 0) is 50.6 Å². The summed E-state index contributed by atoms with van der Waals surface area (Å²) in [5, 5.41) is 3.57. The molecule has 3 heterocycles. The zero-order valence-corrected chi connectivity index (χ0v) is 29.5. The standard InChI is InChI=1S/C33H43F4N7O3.C2H6.CH4/c1-7-10-27(44(21-45)28-18-24(33(35,36)37)17-22(3)39-28)31(47)41(6)26-12-9-11-25(34)30(26)40(5)15-16-42-14-13-38-32(23(42)4)19-43(20-32)29(46)8-2;1-2;/h8-9,11-12,17-18,21,23,27,38H,2,7,10,13-16,19-20H2,1,3-6H3;1-2H3;1H4. The Bertz CT molecular complexity index is 1480. The van der Waals surface area contributed by atoms with Crippen LogP contribution in [-0.2, 0) is 20.6 Å². The van der Waals surface area contributed by atoms with Crippen LogP contribution in [0.25, 0.3) is 0 Å². The molecule has 0 radical (unpaired) electrons. The number of alkyl halides is 3. The van der Waals surface area contributed by atoms with E-state index in [4.69, 9.17) is 0 Å². The van der Waals surface area contributed by atoms with Crippen molar-refractivity contribution in [1.82, 2.24) is 20.1 Å². The quantitative estimate of drug-likeness (QED) is 0.177. The molecule has 0 bridgehead atoms. The predicted octanol–water partition coefficient (Wildman–Crippen LogP) is 5.50. The monoisotopic (exact) mass is 707 g/mol. The van der Waals surface area contributed by atoms with Gasteiger partial charge in [-0.1, -0.05) is 47.3 Å². The van der Waals surface area contributed by atoms with Gasteiger partial charge in [0.1, 0.15) is 17.7 Å². The van der Waals surface area contributed by atoms with Crippen molar-refractivity contribution in [2.75, 3.05) is 68.1 Å². The molecule has 2 unspecified atom stereocenters. The molecule has 1 aromatic heterocycles. The number of aryl methyl sites for hydroxylation is 1. The molecular formula is C36H53F4N7O3. The number of hydrogen-bond acceptors (Lipinski definition) is 7. The third-order valence-electron chi connectivity index (χ3n) is 9.25. The molecule has 2 fully saturated rings. The van der Waals surface area contributed by atoms with Gasteiger partial charge in [-0.25, -0.2) is 9.37 Å². The molecule has 0 saturated carbocycles. The molecule has 1 spiro atoms. The van der Waals surface area contributed by atoms with Crippen molar-refractivity contribution in [2.24, 2.45) is 0 Å². The second-order valence-electron chi connectivity index (χ2n) is 12.3. The van der Waals surface area contributed by atoms with Gasteiger partial charge in [0.25, 0.3) is 0 Å². The molecule has 4 rings (SSSR count). The Labute approximate surface area is 294 Å². The Kier molecular flexibility index (Phi) is 15.0. The molecule has 0 aliphatic carbocycles. The Morgan fingerprint density at radius 1 is 1.20 bits per heavy atom. The number of aromatic nitrogens is 1. The Balaban J connectivity index is 0.00000284. The summed E-state index contributed by atoms with van der Waals surface area (Å²) in [5.41, 5.74) is -0.761. The van der Waals surface area contributed by atoms with Gasteiger partial charge in [0.2, 0.25) is 18.2 Å². The lowest BCUT2D eigenvalue weighted by molar-refractivity contribution is -0.139. The molecule has 10 nitrogen and oxygen atoms in total. The number of likely N-dealkylation sites (N-methyl/N-ethyl adjacent to an activating group) is 2. The van der Waals surface area contributed by atoms with Gasteiger partial charge in [0, 0.05) is 65.1 Å². The number of likely N-dealkylation sites (tertiary alicyclic amines) is 1. The van der Waals surface area contributed by atoms with Gasteiger partial charge in [0.05, 0.1) is 22.5 Å². The van der Waals surface area contributed by atoms with Crippen molar-refractivity contribution in [3.8, 4) is 0 Å². The van der Waals surface area contributed by atoms with E-state index in [2.05, 4.69) is 28.7 Å². The average molecular weight is 708 g/mol. The van der Waals surface area contributed by atoms with E-state index in [0.29, 0.717) is 39.0 Å². The minimum atomic E-state index is -4.68. The van der Waals surface area contributed by atoms with Crippen molar-refractivity contribution >= 4 is 35.4 Å². The highest BCUT2D eigenvalue weighted by Gasteiger charge is 2.51. The van der Waals surface area contributed by atoms with Gasteiger partial charge in [-0.15, -0.1) is 0 Å². The normalized spacial score (nSPS) is 17.3. The lowest BCUT2D eigenvalue weighted by Gasteiger charge is -2.58. The number of carbonyl (C=O) groups is 3. The number of anilines is 3. The van der Waals surface area contributed by atoms with Crippen molar-refractivity contribution in [3.63, 3.8) is 0 Å². The number of nitrogens with one attached hydrogen (secondary N) is 1. The van der Waals surface area contributed by atoms with Gasteiger partial charge in [0.15, 0.2) is 0 Å². The van der Waals surface area contributed by atoms with Crippen molar-refractivity contribution in [1.29, 1.82) is 0 Å². The summed E-state index contributed by atoms with van der Waals surface area (Å²) in [4.78, 5) is 50.4. The lowest BCUT2D eigenvalue weighted by Crippen LogP contribution is -2.80. The molecule has 2 saturated heterocycles. The predicted molar refractivity (Wildman–Crippen MR) is 191 cm³/mol. The van der Waals surface area contributed by atoms with Crippen LogP contribution in [0.5, 0.6) is 0 Å². The number of benzene rings is 1. The third kappa shape index (κ3) is 9.00. The van der Waals surface area contributed by atoms with Gasteiger partial charge < -0.3 is 20.0 Å². The van der Waals surface area contributed by atoms with Crippen molar-refractivity contribution < 1.29 is 31.9 Å². The van der Waals surface area contributed by atoms with Crippen LogP contribution in [0.1, 0.15) is 59.2 Å². The van der Waals surface area contributed by atoms with Crippen LogP contribution in [0.3, 0.4) is 0 Å². The van der Waals surface area contributed by atoms with Crippen molar-refractivity contribution in [2.45, 2.75) is 78.7 Å². The highest BCUT2D eigenvalue weighted by Crippen LogP contribution is 2.35. The topological polar surface area (TPSA) is 92.3 Å². The maximum Gasteiger partial charge on any atom is 0.416 e. The molecular weight excluding hydrogens is 654 g/mol. The molecule has 1 aromatic carbocycles. The van der Waals surface area contributed by atoms with E-state index in [1.54, 1.807) is 29.8 Å². The largest absolute Gasteiger partial charge is 0.416 e. The van der Waals surface area contributed by atoms with Crippen LogP contribution in [0, 0.1) is 12.7 Å². The van der Waals surface area contributed by atoms with Crippen LogP contribution in [-0.4, -0.2) is 104 Å². The maximum atomic E-state index is 15.5. The van der Waals surface area contributed by atoms with E-state index < -0.39 is 29.5 Å². The molecule has 2 aromatic rings. The highest BCUT2D eigenvalue weighted by atomic mass is 19.4. The molecule has 14 heteroatoms. The number of carbonyl (C=O) groups excluding carboxylic acids is 3. The lowest BCUT2D eigenvalue weighted by atomic mass is 9.80. The van der Waals surface area contributed by atoms with Crippen LogP contribution < -0.4 is 20.0 Å². The number of rotatable bonds is 12. The summed E-state index contributed by atoms with van der Waals surface area (Å²) in [6, 6.07) is 4.90. The van der Waals surface area contributed by atoms with Crippen LogP contribution in [0.4, 0.5) is 34.8 Å². The minimum absolute atomic E-state index is 0. The maximum absolute atomic E-state index is 15.5. The second-order valence-corrected chi connectivity index (χ2v) is 12.3. The first-order valence-corrected chi connectivity index (χ1v) is 16.6. The fourth-order valence-electron chi connectivity index (χ4n) is 6.51. The summed E-state index contributed by atoms with van der Waals surface area (Å²) >= 11 is 0. The van der Waals surface area contributed by atoms with Gasteiger partial charge in [-0.3, -0.25) is 24.2 Å². The third-order valence-corrected chi connectivity index (χ3v) is 9.25. The molecule has 1 N–H and O–H groups in total. The zero-order valence-electron chi connectivity index (χ0n) is 29.5. The molecule has 2 aliphatic rings. The van der Waals surface area contributed by atoms with E-state index in [1.165, 1.54) is 37.1 Å². The first kappa shape index (κ1) is 42.1. The first-order valence-electron chi connectivity index (χ1n) is 16.6. The van der Waals surface area contributed by atoms with E-state index in [0.717, 1.165) is 30.1 Å². The number of nitrogens with zero attached hydrogens (tertiary/aromatic N) is 6. The van der Waals surface area contributed by atoms with E-state index in [9.17, 15) is 27.6 Å². The van der Waals surface area contributed by atoms with Crippen molar-refractivity contribution in [3.05, 3.63) is 60.1 Å². The summed E-state index contributed by atoms with van der Waals surface area (Å²) < 4.78 is 56.2. The summed E-state index contributed by atoms with van der Waals surface area (Å²) in [7, 11) is 3.19. The molecule has 50 heavy (non-hydrogen) atoms. The van der Waals surface area contributed by atoms with Gasteiger partial charge in [-0.2, -0.15) is 13.2 Å². The molecule has 2 atom stereocenters. The number of piperazine rings is 1. The zero-order chi connectivity index (χ0) is 36.7. The Hall–Kier alpha value is -4.04. The Morgan fingerprint density at radius 2 is 1.86 bits per heavy atom. The molecule has 3 amide bonds. The minimum Gasteiger partial charge on any atom is -0.369 e. The van der Waals surface area contributed by atoms with Gasteiger partial charge >= 0.3 is 6.18 Å². The second kappa shape index (κ2) is 17.8. The van der Waals surface area contributed by atoms with E-state index in [1.807, 2.05) is 13.8 Å². The Morgan fingerprint density at radius 3 is 2.44 bits per heavy atom. The van der Waals surface area contributed by atoms with E-state index >= 15 is 4.39 Å². The highest BCUT2D eigenvalue weighted by molar-refractivity contribution is 6.03. The summed E-state index contributed by atoms with van der Waals surface area (Å²) in [6.07, 6.45) is -2.48. The number of para-hydroxylation sites is 1. The number of pyridine rings is 1. The fourth-order valence-corrected chi connectivity index (χ4v) is 6.51. The van der Waals surface area contributed by atoms with Crippen LogP contribution in [0.15, 0.2) is 43.0 Å². The first-order chi connectivity index (χ1) is 23.2. The number of halogens is 4. The summed E-state index contributed by atoms with van der Waals surface area (Å²) in [6.45, 7) is 16.5. The SMILES string of the molecule is C.C=CC(=O)N1CC2(C1)NCCN(CCN(C)c1c(F)cccc1N(C)C(=O)C(CCC)N(C=O)c1cc(C(F)(F)F)cc(C)n1)C2C.CC. The van der Waals surface area contributed by atoms with Crippen LogP contribution >= 0.6 is 0 Å². The molecule has 278 valence electrons. The average Bonchev–Trinajstić information content (AvgIpc) is 3.05. The number of hydrogen-bond donors (Lipinski definition) is 1. The fraction of sp³-hybridized carbons (Fsp3) is 0.556. The van der Waals surface area contributed by atoms with Crippen LogP contribution in [0.2, 0.25) is 0 Å². The molecule has 2 aliphatic heterocycles.